The van der Waals surface area contributed by atoms with Crippen LogP contribution in [0.2, 0.25) is 0 Å². The molecule has 3 rings (SSSR count). The van der Waals surface area contributed by atoms with Crippen molar-refractivity contribution in [2.45, 2.75) is 32.7 Å². The van der Waals surface area contributed by atoms with Gasteiger partial charge in [0.25, 0.3) is 0 Å². The second-order valence-electron chi connectivity index (χ2n) is 6.76. The number of anilines is 1. The van der Waals surface area contributed by atoms with E-state index < -0.39 is 0 Å². The predicted octanol–water partition coefficient (Wildman–Crippen LogP) is 2.20. The summed E-state index contributed by atoms with van der Waals surface area (Å²) in [5, 5.41) is 3.61. The lowest BCUT2D eigenvalue weighted by molar-refractivity contribution is -0.129. The molecule has 130 valence electrons. The second-order valence-corrected chi connectivity index (χ2v) is 6.76. The fourth-order valence-electron chi connectivity index (χ4n) is 3.54. The molecule has 1 aromatic rings. The standard InChI is InChI=1S/C19H28N4O/c1-16(24)22-10-12-23(13-11-22)19-18(8-5-9-21-19)15-20-14-17-6-3-2-4-7-17/h2-3,5,8-9,17,20H,4,6-7,10-15H2,1H3/t17-/m0/s1. The van der Waals surface area contributed by atoms with Crippen LogP contribution in [0.4, 0.5) is 5.82 Å². The van der Waals surface area contributed by atoms with Gasteiger partial charge in [-0.25, -0.2) is 4.98 Å². The molecule has 0 aromatic carbocycles. The molecule has 0 bridgehead atoms. The van der Waals surface area contributed by atoms with Crippen molar-refractivity contribution >= 4 is 11.7 Å². The van der Waals surface area contributed by atoms with Gasteiger partial charge in [0, 0.05) is 51.4 Å². The van der Waals surface area contributed by atoms with Crippen molar-refractivity contribution in [1.29, 1.82) is 0 Å². The Labute approximate surface area is 144 Å². The zero-order chi connectivity index (χ0) is 16.8. The lowest BCUT2D eigenvalue weighted by Gasteiger charge is -2.35. The van der Waals surface area contributed by atoms with Crippen molar-refractivity contribution in [1.82, 2.24) is 15.2 Å². The number of aromatic nitrogens is 1. The van der Waals surface area contributed by atoms with Crippen molar-refractivity contribution in [2.75, 3.05) is 37.6 Å². The normalized spacial score (nSPS) is 21.1. The van der Waals surface area contributed by atoms with Crippen molar-refractivity contribution in [3.8, 4) is 0 Å². The van der Waals surface area contributed by atoms with Gasteiger partial charge in [-0.15, -0.1) is 0 Å². The molecule has 1 aliphatic heterocycles. The SMILES string of the molecule is CC(=O)N1CCN(c2ncccc2CNC[C@H]2CC=CCC2)CC1. The highest BCUT2D eigenvalue weighted by atomic mass is 16.2. The van der Waals surface area contributed by atoms with Crippen molar-refractivity contribution in [2.24, 2.45) is 5.92 Å². The van der Waals surface area contributed by atoms with Gasteiger partial charge in [0.05, 0.1) is 0 Å². The Morgan fingerprint density at radius 1 is 1.29 bits per heavy atom. The summed E-state index contributed by atoms with van der Waals surface area (Å²) in [5.41, 5.74) is 1.25. The number of allylic oxidation sites excluding steroid dienone is 2. The monoisotopic (exact) mass is 328 g/mol. The van der Waals surface area contributed by atoms with Gasteiger partial charge in [-0.3, -0.25) is 4.79 Å². The summed E-state index contributed by atoms with van der Waals surface area (Å²) in [6.07, 6.45) is 10.2. The third-order valence-corrected chi connectivity index (χ3v) is 5.02. The van der Waals surface area contributed by atoms with Gasteiger partial charge < -0.3 is 15.1 Å². The van der Waals surface area contributed by atoms with Crippen LogP contribution in [0.5, 0.6) is 0 Å². The Morgan fingerprint density at radius 2 is 2.12 bits per heavy atom. The van der Waals surface area contributed by atoms with Crippen LogP contribution >= 0.6 is 0 Å². The largest absolute Gasteiger partial charge is 0.353 e. The molecule has 0 spiro atoms. The molecule has 0 radical (unpaired) electrons. The summed E-state index contributed by atoms with van der Waals surface area (Å²) in [4.78, 5) is 20.3. The molecule has 24 heavy (non-hydrogen) atoms. The van der Waals surface area contributed by atoms with Crippen LogP contribution in [-0.4, -0.2) is 48.5 Å². The molecule has 1 amide bonds. The summed E-state index contributed by atoms with van der Waals surface area (Å²) in [6.45, 7) is 6.85. The Bertz CT molecular complexity index is 578. The van der Waals surface area contributed by atoms with Gasteiger partial charge in [0.1, 0.15) is 5.82 Å². The minimum absolute atomic E-state index is 0.166. The number of carbonyl (C=O) groups is 1. The third kappa shape index (κ3) is 4.35. The lowest BCUT2D eigenvalue weighted by Crippen LogP contribution is -2.48. The fourth-order valence-corrected chi connectivity index (χ4v) is 3.54. The number of hydrogen-bond donors (Lipinski definition) is 1. The first kappa shape index (κ1) is 17.0. The summed E-state index contributed by atoms with van der Waals surface area (Å²) >= 11 is 0. The van der Waals surface area contributed by atoms with Gasteiger partial charge in [-0.1, -0.05) is 18.2 Å². The van der Waals surface area contributed by atoms with E-state index in [0.717, 1.165) is 51.0 Å². The molecule has 2 heterocycles. The van der Waals surface area contributed by atoms with Crippen LogP contribution in [-0.2, 0) is 11.3 Å². The van der Waals surface area contributed by atoms with E-state index in [1.165, 1.54) is 24.8 Å². The first-order valence-electron chi connectivity index (χ1n) is 9.04. The predicted molar refractivity (Wildman–Crippen MR) is 96.9 cm³/mol. The summed E-state index contributed by atoms with van der Waals surface area (Å²) < 4.78 is 0. The zero-order valence-electron chi connectivity index (χ0n) is 14.6. The van der Waals surface area contributed by atoms with Gasteiger partial charge in [-0.05, 0) is 37.8 Å². The van der Waals surface area contributed by atoms with Crippen LogP contribution in [0, 0.1) is 5.92 Å². The van der Waals surface area contributed by atoms with E-state index in [-0.39, 0.29) is 5.91 Å². The molecular weight excluding hydrogens is 300 g/mol. The van der Waals surface area contributed by atoms with E-state index in [9.17, 15) is 4.79 Å². The quantitative estimate of drug-likeness (QED) is 0.842. The molecule has 1 aliphatic carbocycles. The van der Waals surface area contributed by atoms with Gasteiger partial charge in [0.15, 0.2) is 0 Å². The maximum Gasteiger partial charge on any atom is 0.219 e. The van der Waals surface area contributed by atoms with Crippen LogP contribution in [0.15, 0.2) is 30.5 Å². The Balaban J connectivity index is 1.55. The molecule has 5 heteroatoms. The molecule has 5 nitrogen and oxygen atoms in total. The van der Waals surface area contributed by atoms with E-state index in [2.05, 4.69) is 33.4 Å². The van der Waals surface area contributed by atoms with Gasteiger partial charge in [-0.2, -0.15) is 0 Å². The molecule has 1 N–H and O–H groups in total. The number of piperazine rings is 1. The van der Waals surface area contributed by atoms with E-state index in [4.69, 9.17) is 0 Å². The van der Waals surface area contributed by atoms with Gasteiger partial charge >= 0.3 is 0 Å². The number of pyridine rings is 1. The number of amides is 1. The Morgan fingerprint density at radius 3 is 2.83 bits per heavy atom. The van der Waals surface area contributed by atoms with Crippen LogP contribution < -0.4 is 10.2 Å². The van der Waals surface area contributed by atoms with E-state index >= 15 is 0 Å². The highest BCUT2D eigenvalue weighted by Gasteiger charge is 2.21. The highest BCUT2D eigenvalue weighted by Crippen LogP contribution is 2.20. The molecule has 1 aromatic heterocycles. The summed E-state index contributed by atoms with van der Waals surface area (Å²) in [6, 6.07) is 4.17. The highest BCUT2D eigenvalue weighted by molar-refractivity contribution is 5.73. The molecule has 1 saturated heterocycles. The summed E-state index contributed by atoms with van der Waals surface area (Å²) in [5.74, 6) is 1.99. The van der Waals surface area contributed by atoms with Gasteiger partial charge in [0.2, 0.25) is 5.91 Å². The average molecular weight is 328 g/mol. The van der Waals surface area contributed by atoms with Crippen LogP contribution in [0.1, 0.15) is 31.7 Å². The number of nitrogens with one attached hydrogen (secondary N) is 1. The second kappa shape index (κ2) is 8.29. The first-order chi connectivity index (χ1) is 11.7. The Hall–Kier alpha value is -1.88. The van der Waals surface area contributed by atoms with Crippen molar-refractivity contribution in [3.05, 3.63) is 36.0 Å². The topological polar surface area (TPSA) is 48.5 Å². The van der Waals surface area contributed by atoms with Crippen molar-refractivity contribution < 1.29 is 4.79 Å². The number of carbonyl (C=O) groups excluding carboxylic acids is 1. The number of rotatable bonds is 5. The molecule has 0 unspecified atom stereocenters. The minimum Gasteiger partial charge on any atom is -0.353 e. The first-order valence-corrected chi connectivity index (χ1v) is 9.04. The molecule has 2 aliphatic rings. The zero-order valence-corrected chi connectivity index (χ0v) is 14.6. The van der Waals surface area contributed by atoms with Crippen LogP contribution in [0.25, 0.3) is 0 Å². The molecule has 1 fully saturated rings. The molecular formula is C19H28N4O. The maximum atomic E-state index is 11.5. The summed E-state index contributed by atoms with van der Waals surface area (Å²) in [7, 11) is 0. The van der Waals surface area contributed by atoms with E-state index in [0.29, 0.717) is 0 Å². The van der Waals surface area contributed by atoms with E-state index in [1.807, 2.05) is 17.2 Å². The molecule has 0 saturated carbocycles. The minimum atomic E-state index is 0.166. The fraction of sp³-hybridized carbons (Fsp3) is 0.579. The number of hydrogen-bond acceptors (Lipinski definition) is 4. The average Bonchev–Trinajstić information content (AvgIpc) is 2.63. The molecule has 1 atom stereocenters. The number of nitrogens with zero attached hydrogens (tertiary/aromatic N) is 3. The third-order valence-electron chi connectivity index (χ3n) is 5.02. The Kier molecular flexibility index (Phi) is 5.86. The van der Waals surface area contributed by atoms with Crippen molar-refractivity contribution in [3.63, 3.8) is 0 Å². The lowest BCUT2D eigenvalue weighted by atomic mass is 9.94. The smallest absolute Gasteiger partial charge is 0.219 e. The van der Waals surface area contributed by atoms with Crippen LogP contribution in [0.3, 0.4) is 0 Å². The maximum absolute atomic E-state index is 11.5. The van der Waals surface area contributed by atoms with E-state index in [1.54, 1.807) is 6.92 Å².